The normalized spacial score (nSPS) is 12.1. The summed E-state index contributed by atoms with van der Waals surface area (Å²) in [7, 11) is 0. The van der Waals surface area contributed by atoms with Gasteiger partial charge in [0.15, 0.2) is 11.6 Å². The first-order chi connectivity index (χ1) is 29.2. The molecule has 274 valence electrons. The molecule has 6 nitrogen and oxygen atoms in total. The van der Waals surface area contributed by atoms with Gasteiger partial charge in [0, 0.05) is 54.4 Å². The average molecular weight is 755 g/mol. The van der Waals surface area contributed by atoms with Crippen molar-refractivity contribution in [2.24, 2.45) is 0 Å². The Morgan fingerprint density at radius 3 is 1.71 bits per heavy atom. The molecular weight excluding hydrogens is 725 g/mol. The summed E-state index contributed by atoms with van der Waals surface area (Å²) >= 11 is 0. The molecule has 0 bridgehead atoms. The molecule has 13 aromatic rings. The fourth-order valence-corrected chi connectivity index (χ4v) is 9.07. The standard InChI is InChI=1S/C53H30N4O2/c1-2-12-33-28-35(21-20-31(33)10-1)51-54-52(36-23-25-41-39-14-5-7-18-45(39)59-48(41)30-36)56-53(55-51)57-49-37-13-4-3-11-32(37)22-26-43(49)42-17-9-16-38(50(42)57)34-24-27-47-44(29-34)40-15-6-8-19-46(40)58-47/h1-30H. The number of hydrogen-bond acceptors (Lipinski definition) is 5. The second-order valence-electron chi connectivity index (χ2n) is 15.2. The minimum Gasteiger partial charge on any atom is -0.456 e. The van der Waals surface area contributed by atoms with Gasteiger partial charge in [0.1, 0.15) is 22.3 Å². The Bertz CT molecular complexity index is 3870. The smallest absolute Gasteiger partial charge is 0.238 e. The summed E-state index contributed by atoms with van der Waals surface area (Å²) in [6.45, 7) is 0. The molecule has 0 spiro atoms. The van der Waals surface area contributed by atoms with E-state index in [1.54, 1.807) is 0 Å². The highest BCUT2D eigenvalue weighted by molar-refractivity contribution is 6.21. The third-order valence-electron chi connectivity index (χ3n) is 11.8. The number of rotatable bonds is 4. The Labute approximate surface area is 336 Å². The van der Waals surface area contributed by atoms with Crippen molar-refractivity contribution >= 4 is 87.2 Å². The Hall–Kier alpha value is -8.09. The van der Waals surface area contributed by atoms with Crippen LogP contribution in [0.4, 0.5) is 0 Å². The van der Waals surface area contributed by atoms with E-state index in [-0.39, 0.29) is 0 Å². The highest BCUT2D eigenvalue weighted by Crippen LogP contribution is 2.42. The minimum absolute atomic E-state index is 0.529. The van der Waals surface area contributed by atoms with Gasteiger partial charge in [-0.05, 0) is 64.2 Å². The van der Waals surface area contributed by atoms with Crippen LogP contribution < -0.4 is 0 Å². The number of furan rings is 2. The van der Waals surface area contributed by atoms with Gasteiger partial charge in [0.25, 0.3) is 0 Å². The van der Waals surface area contributed by atoms with E-state index in [4.69, 9.17) is 23.8 Å². The van der Waals surface area contributed by atoms with Crippen LogP contribution in [0.5, 0.6) is 0 Å². The average Bonchev–Trinajstić information content (AvgIpc) is 3.98. The van der Waals surface area contributed by atoms with Gasteiger partial charge < -0.3 is 8.83 Å². The van der Waals surface area contributed by atoms with Gasteiger partial charge in [0.05, 0.1) is 11.0 Å². The zero-order chi connectivity index (χ0) is 38.6. The largest absolute Gasteiger partial charge is 0.456 e. The number of benzene rings is 9. The quantitative estimate of drug-likeness (QED) is 0.179. The summed E-state index contributed by atoms with van der Waals surface area (Å²) in [4.78, 5) is 16.0. The first-order valence-corrected chi connectivity index (χ1v) is 19.8. The summed E-state index contributed by atoms with van der Waals surface area (Å²) in [6.07, 6.45) is 0. The zero-order valence-corrected chi connectivity index (χ0v) is 31.4. The first kappa shape index (κ1) is 32.0. The fourth-order valence-electron chi connectivity index (χ4n) is 9.07. The lowest BCUT2D eigenvalue weighted by atomic mass is 9.99. The third kappa shape index (κ3) is 4.84. The molecule has 6 heteroatoms. The van der Waals surface area contributed by atoms with E-state index in [1.165, 1.54) is 0 Å². The molecule has 0 aliphatic rings. The minimum atomic E-state index is 0.529. The maximum absolute atomic E-state index is 6.38. The van der Waals surface area contributed by atoms with Crippen molar-refractivity contribution in [3.05, 3.63) is 182 Å². The lowest BCUT2D eigenvalue weighted by Gasteiger charge is -2.14. The topological polar surface area (TPSA) is 69.9 Å². The molecule has 0 N–H and O–H groups in total. The van der Waals surface area contributed by atoms with E-state index < -0.39 is 0 Å². The van der Waals surface area contributed by atoms with Crippen molar-refractivity contribution in [1.82, 2.24) is 19.5 Å². The Morgan fingerprint density at radius 1 is 0.322 bits per heavy atom. The van der Waals surface area contributed by atoms with Crippen LogP contribution in [0.25, 0.3) is 127 Å². The van der Waals surface area contributed by atoms with Crippen LogP contribution in [0.3, 0.4) is 0 Å². The molecule has 0 saturated carbocycles. The highest BCUT2D eigenvalue weighted by atomic mass is 16.3. The van der Waals surface area contributed by atoms with Crippen molar-refractivity contribution < 1.29 is 8.83 Å². The summed E-state index contributed by atoms with van der Waals surface area (Å²) in [5, 5.41) is 11.0. The first-order valence-electron chi connectivity index (χ1n) is 19.8. The maximum Gasteiger partial charge on any atom is 0.238 e. The molecule has 0 amide bonds. The van der Waals surface area contributed by atoms with E-state index in [0.717, 1.165) is 109 Å². The second-order valence-corrected chi connectivity index (χ2v) is 15.2. The van der Waals surface area contributed by atoms with Crippen molar-refractivity contribution in [1.29, 1.82) is 0 Å². The lowest BCUT2D eigenvalue weighted by molar-refractivity contribution is 0.668. The number of fused-ring (bicyclic) bond motifs is 12. The summed E-state index contributed by atoms with van der Waals surface area (Å²) in [5.41, 5.74) is 9.29. The predicted molar refractivity (Wildman–Crippen MR) is 240 cm³/mol. The van der Waals surface area contributed by atoms with Crippen LogP contribution in [0, 0.1) is 0 Å². The number of nitrogens with zero attached hydrogens (tertiary/aromatic N) is 4. The summed E-state index contributed by atoms with van der Waals surface area (Å²) in [6, 6.07) is 63.4. The summed E-state index contributed by atoms with van der Waals surface area (Å²) < 4.78 is 14.9. The van der Waals surface area contributed by atoms with Gasteiger partial charge in [-0.15, -0.1) is 0 Å². The molecule has 0 aliphatic carbocycles. The van der Waals surface area contributed by atoms with Crippen LogP contribution in [0.2, 0.25) is 0 Å². The van der Waals surface area contributed by atoms with Crippen molar-refractivity contribution in [3.8, 4) is 39.9 Å². The number of hydrogen-bond donors (Lipinski definition) is 0. The number of para-hydroxylation sites is 3. The predicted octanol–water partition coefficient (Wildman–Crippen LogP) is 14.1. The van der Waals surface area contributed by atoms with E-state index >= 15 is 0 Å². The van der Waals surface area contributed by atoms with Gasteiger partial charge in [0.2, 0.25) is 5.95 Å². The lowest BCUT2D eigenvalue weighted by Crippen LogP contribution is -2.07. The number of aromatic nitrogens is 4. The van der Waals surface area contributed by atoms with E-state index in [1.807, 2.05) is 30.3 Å². The molecule has 9 aromatic carbocycles. The highest BCUT2D eigenvalue weighted by Gasteiger charge is 2.23. The van der Waals surface area contributed by atoms with Crippen molar-refractivity contribution in [3.63, 3.8) is 0 Å². The van der Waals surface area contributed by atoms with Gasteiger partial charge in [-0.25, -0.2) is 4.98 Å². The van der Waals surface area contributed by atoms with Gasteiger partial charge in [-0.1, -0.05) is 140 Å². The van der Waals surface area contributed by atoms with Crippen molar-refractivity contribution in [2.75, 3.05) is 0 Å². The van der Waals surface area contributed by atoms with Crippen LogP contribution in [-0.4, -0.2) is 19.5 Å². The molecule has 59 heavy (non-hydrogen) atoms. The van der Waals surface area contributed by atoms with Crippen LogP contribution in [0.15, 0.2) is 191 Å². The fraction of sp³-hybridized carbons (Fsp3) is 0. The molecule has 0 unspecified atom stereocenters. The SMILES string of the molecule is c1ccc2cc(-c3nc(-c4ccc5c(c4)oc4ccccc45)nc(-n4c5c(-c6ccc7oc8ccccc8c7c6)cccc5c5ccc6ccccc6c54)n3)ccc2c1. The molecular formula is C53H30N4O2. The van der Waals surface area contributed by atoms with E-state index in [9.17, 15) is 0 Å². The molecule has 13 rings (SSSR count). The Morgan fingerprint density at radius 2 is 0.881 bits per heavy atom. The third-order valence-corrected chi connectivity index (χ3v) is 11.8. The molecule has 0 radical (unpaired) electrons. The Balaban J connectivity index is 1.14. The van der Waals surface area contributed by atoms with Gasteiger partial charge >= 0.3 is 0 Å². The Kier molecular flexibility index (Phi) is 6.63. The molecule has 0 fully saturated rings. The van der Waals surface area contributed by atoms with E-state index in [0.29, 0.717) is 17.6 Å². The van der Waals surface area contributed by atoms with E-state index in [2.05, 4.69) is 156 Å². The second kappa shape index (κ2) is 12.2. The monoisotopic (exact) mass is 754 g/mol. The zero-order valence-electron chi connectivity index (χ0n) is 31.4. The molecule has 0 atom stereocenters. The molecule has 4 heterocycles. The van der Waals surface area contributed by atoms with Crippen LogP contribution >= 0.6 is 0 Å². The van der Waals surface area contributed by atoms with Gasteiger partial charge in [-0.2, -0.15) is 9.97 Å². The molecule has 0 saturated heterocycles. The molecule has 0 aliphatic heterocycles. The van der Waals surface area contributed by atoms with Crippen molar-refractivity contribution in [2.45, 2.75) is 0 Å². The van der Waals surface area contributed by atoms with Crippen LogP contribution in [0.1, 0.15) is 0 Å². The van der Waals surface area contributed by atoms with Crippen LogP contribution in [-0.2, 0) is 0 Å². The maximum atomic E-state index is 6.38. The molecule has 4 aromatic heterocycles. The van der Waals surface area contributed by atoms with Gasteiger partial charge in [-0.3, -0.25) is 4.57 Å². The summed E-state index contributed by atoms with van der Waals surface area (Å²) in [5.74, 6) is 1.67.